The van der Waals surface area contributed by atoms with Crippen LogP contribution >= 0.6 is 11.3 Å². The topological polar surface area (TPSA) is 100 Å². The molecule has 8 nitrogen and oxygen atoms in total. The lowest BCUT2D eigenvalue weighted by molar-refractivity contribution is -0.152. The van der Waals surface area contributed by atoms with E-state index in [2.05, 4.69) is 5.32 Å². The van der Waals surface area contributed by atoms with Crippen LogP contribution in [0.1, 0.15) is 53.1 Å². The molecule has 0 radical (unpaired) electrons. The Labute approximate surface area is 197 Å². The summed E-state index contributed by atoms with van der Waals surface area (Å²) < 4.78 is 21.0. The first kappa shape index (κ1) is 24.6. The monoisotopic (exact) mass is 475 g/mol. The van der Waals surface area contributed by atoms with Gasteiger partial charge in [-0.15, -0.1) is 11.3 Å². The van der Waals surface area contributed by atoms with Gasteiger partial charge in [0.25, 0.3) is 5.91 Å². The highest BCUT2D eigenvalue weighted by Crippen LogP contribution is 2.38. The molecule has 0 unspecified atom stereocenters. The molecule has 1 N–H and O–H groups in total. The smallest absolute Gasteiger partial charge is 0.341 e. The van der Waals surface area contributed by atoms with Crippen LogP contribution in [0.15, 0.2) is 18.2 Å². The van der Waals surface area contributed by atoms with Gasteiger partial charge in [-0.3, -0.25) is 9.59 Å². The van der Waals surface area contributed by atoms with Crippen LogP contribution in [0.25, 0.3) is 0 Å². The predicted molar refractivity (Wildman–Crippen MR) is 124 cm³/mol. The maximum absolute atomic E-state index is 12.8. The molecule has 9 heteroatoms. The van der Waals surface area contributed by atoms with E-state index in [0.717, 1.165) is 36.1 Å². The maximum atomic E-state index is 12.8. The van der Waals surface area contributed by atoms with Gasteiger partial charge in [-0.1, -0.05) is 6.07 Å². The third-order valence-electron chi connectivity index (χ3n) is 5.36. The number of hydrogen-bond donors (Lipinski definition) is 1. The Bertz CT molecular complexity index is 1030. The summed E-state index contributed by atoms with van der Waals surface area (Å²) in [6.07, 6.45) is 2.64. The molecule has 178 valence electrons. The van der Waals surface area contributed by atoms with Crippen molar-refractivity contribution in [1.82, 2.24) is 0 Å². The molecule has 1 aromatic carbocycles. The van der Waals surface area contributed by atoms with E-state index in [1.165, 1.54) is 32.5 Å². The van der Waals surface area contributed by atoms with E-state index in [1.807, 2.05) is 0 Å². The van der Waals surface area contributed by atoms with Gasteiger partial charge in [0, 0.05) is 4.88 Å². The van der Waals surface area contributed by atoms with Gasteiger partial charge in [0.1, 0.15) is 5.00 Å². The van der Waals surface area contributed by atoms with Gasteiger partial charge in [0.15, 0.2) is 17.6 Å². The zero-order valence-corrected chi connectivity index (χ0v) is 20.1. The van der Waals surface area contributed by atoms with Crippen molar-refractivity contribution in [3.8, 4) is 11.5 Å². The van der Waals surface area contributed by atoms with Gasteiger partial charge in [-0.05, 0) is 62.8 Å². The van der Waals surface area contributed by atoms with E-state index in [9.17, 15) is 14.4 Å². The molecule has 0 spiro atoms. The minimum absolute atomic E-state index is 0.0284. The Kier molecular flexibility index (Phi) is 8.32. The second-order valence-electron chi connectivity index (χ2n) is 7.62. The Morgan fingerprint density at radius 3 is 2.52 bits per heavy atom. The molecule has 1 atom stereocenters. The summed E-state index contributed by atoms with van der Waals surface area (Å²) in [6.45, 7) is 3.50. The molecule has 0 saturated heterocycles. The molecule has 0 fully saturated rings. The van der Waals surface area contributed by atoms with Gasteiger partial charge in [0.2, 0.25) is 0 Å². The van der Waals surface area contributed by atoms with E-state index in [-0.39, 0.29) is 13.0 Å². The van der Waals surface area contributed by atoms with Crippen molar-refractivity contribution >= 4 is 34.2 Å². The molecule has 3 rings (SSSR count). The number of benzene rings is 1. The fraction of sp³-hybridized carbons (Fsp3) is 0.458. The molecule has 0 bridgehead atoms. The standard InChI is InChI=1S/C24H29NO7S/c1-5-31-24(28)21-16-8-6-7-9-19(16)33-23(21)25-22(27)14(2)32-20(26)13-15-10-11-17(29-3)18(12-15)30-4/h10-12,14H,5-9,13H2,1-4H3,(H,25,27)/t14-/m0/s1. The van der Waals surface area contributed by atoms with Gasteiger partial charge < -0.3 is 24.3 Å². The normalized spacial score (nSPS) is 13.5. The molecule has 0 aliphatic heterocycles. The number of anilines is 1. The number of carbonyl (C=O) groups is 3. The average Bonchev–Trinajstić information content (AvgIpc) is 3.16. The second kappa shape index (κ2) is 11.2. The molecule has 1 heterocycles. The number of ether oxygens (including phenoxy) is 4. The molecular formula is C24H29NO7S. The van der Waals surface area contributed by atoms with Crippen molar-refractivity contribution in [3.05, 3.63) is 39.8 Å². The van der Waals surface area contributed by atoms with Crippen LogP contribution < -0.4 is 14.8 Å². The molecule has 1 aliphatic rings. The van der Waals surface area contributed by atoms with Gasteiger partial charge in [-0.2, -0.15) is 0 Å². The molecular weight excluding hydrogens is 446 g/mol. The van der Waals surface area contributed by atoms with Crippen LogP contribution in [0.2, 0.25) is 0 Å². The molecule has 0 saturated carbocycles. The molecule has 1 aromatic heterocycles. The van der Waals surface area contributed by atoms with E-state index in [1.54, 1.807) is 25.1 Å². The summed E-state index contributed by atoms with van der Waals surface area (Å²) in [5.74, 6) is -0.439. The fourth-order valence-electron chi connectivity index (χ4n) is 3.74. The third kappa shape index (κ3) is 5.84. The van der Waals surface area contributed by atoms with Crippen molar-refractivity contribution < 1.29 is 33.3 Å². The van der Waals surface area contributed by atoms with Crippen LogP contribution in [-0.2, 0) is 38.3 Å². The zero-order valence-electron chi connectivity index (χ0n) is 19.3. The minimum Gasteiger partial charge on any atom is -0.493 e. The summed E-state index contributed by atoms with van der Waals surface area (Å²) >= 11 is 1.39. The van der Waals surface area contributed by atoms with E-state index in [0.29, 0.717) is 27.6 Å². The van der Waals surface area contributed by atoms with Crippen LogP contribution in [0, 0.1) is 0 Å². The highest BCUT2D eigenvalue weighted by Gasteiger charge is 2.29. The predicted octanol–water partition coefficient (Wildman–Crippen LogP) is 3.93. The third-order valence-corrected chi connectivity index (χ3v) is 6.57. The van der Waals surface area contributed by atoms with Gasteiger partial charge in [0.05, 0.1) is 32.8 Å². The number of nitrogens with one attached hydrogen (secondary N) is 1. The highest BCUT2D eigenvalue weighted by molar-refractivity contribution is 7.17. The molecule has 1 amide bonds. The van der Waals surface area contributed by atoms with Crippen LogP contribution in [-0.4, -0.2) is 44.8 Å². The lowest BCUT2D eigenvalue weighted by atomic mass is 9.95. The summed E-state index contributed by atoms with van der Waals surface area (Å²) in [5, 5.41) is 3.23. The Hall–Kier alpha value is -3.07. The number of carbonyl (C=O) groups excluding carboxylic acids is 3. The first-order chi connectivity index (χ1) is 15.9. The number of esters is 2. The first-order valence-electron chi connectivity index (χ1n) is 10.9. The lowest BCUT2D eigenvalue weighted by Crippen LogP contribution is -2.30. The zero-order chi connectivity index (χ0) is 24.0. The number of amides is 1. The quantitative estimate of drug-likeness (QED) is 0.549. The minimum atomic E-state index is -1.04. The second-order valence-corrected chi connectivity index (χ2v) is 8.73. The number of thiophene rings is 1. The summed E-state index contributed by atoms with van der Waals surface area (Å²) in [7, 11) is 3.04. The highest BCUT2D eigenvalue weighted by atomic mass is 32.1. The summed E-state index contributed by atoms with van der Waals surface area (Å²) in [6, 6.07) is 5.12. The SMILES string of the molecule is CCOC(=O)c1c(NC(=O)[C@H](C)OC(=O)Cc2ccc(OC)c(OC)c2)sc2c1CCCC2. The van der Waals surface area contributed by atoms with Gasteiger partial charge >= 0.3 is 11.9 Å². The number of fused-ring (bicyclic) bond motifs is 1. The van der Waals surface area contributed by atoms with E-state index >= 15 is 0 Å². The van der Waals surface area contributed by atoms with Crippen molar-refractivity contribution in [3.63, 3.8) is 0 Å². The molecule has 33 heavy (non-hydrogen) atoms. The van der Waals surface area contributed by atoms with Gasteiger partial charge in [-0.25, -0.2) is 4.79 Å². The number of rotatable bonds is 9. The fourth-order valence-corrected chi connectivity index (χ4v) is 5.02. The van der Waals surface area contributed by atoms with E-state index < -0.39 is 23.9 Å². The Morgan fingerprint density at radius 2 is 1.82 bits per heavy atom. The summed E-state index contributed by atoms with van der Waals surface area (Å²) in [4.78, 5) is 38.8. The van der Waals surface area contributed by atoms with Crippen LogP contribution in [0.4, 0.5) is 5.00 Å². The number of methoxy groups -OCH3 is 2. The van der Waals surface area contributed by atoms with E-state index in [4.69, 9.17) is 18.9 Å². The maximum Gasteiger partial charge on any atom is 0.341 e. The largest absolute Gasteiger partial charge is 0.493 e. The lowest BCUT2D eigenvalue weighted by Gasteiger charge is -2.15. The summed E-state index contributed by atoms with van der Waals surface area (Å²) in [5.41, 5.74) is 2.05. The van der Waals surface area contributed by atoms with Crippen LogP contribution in [0.3, 0.4) is 0 Å². The Balaban J connectivity index is 1.67. The van der Waals surface area contributed by atoms with Crippen molar-refractivity contribution in [1.29, 1.82) is 0 Å². The van der Waals surface area contributed by atoms with Crippen molar-refractivity contribution in [2.75, 3.05) is 26.1 Å². The Morgan fingerprint density at radius 1 is 1.09 bits per heavy atom. The average molecular weight is 476 g/mol. The van der Waals surface area contributed by atoms with Crippen molar-refractivity contribution in [2.24, 2.45) is 0 Å². The molecule has 1 aliphatic carbocycles. The molecule has 2 aromatic rings. The number of hydrogen-bond acceptors (Lipinski definition) is 8. The van der Waals surface area contributed by atoms with Crippen LogP contribution in [0.5, 0.6) is 11.5 Å². The first-order valence-corrected chi connectivity index (χ1v) is 11.7. The van der Waals surface area contributed by atoms with Crippen molar-refractivity contribution in [2.45, 2.75) is 52.1 Å². The number of aryl methyl sites for hydroxylation is 1.